The summed E-state index contributed by atoms with van der Waals surface area (Å²) in [5.41, 5.74) is 2.09. The van der Waals surface area contributed by atoms with Gasteiger partial charge in [0.05, 0.1) is 16.7 Å². The molecule has 0 N–H and O–H groups in total. The first-order valence-electron chi connectivity index (χ1n) is 7.72. The Morgan fingerprint density at radius 1 is 1.43 bits per heavy atom. The molecule has 0 saturated heterocycles. The SMILES string of the molecule is CCn1cc(Br)c(CN(C)C(=O)C2CC2c2ccc(Cl)cc2)n1. The van der Waals surface area contributed by atoms with Crippen LogP contribution in [0.3, 0.4) is 0 Å². The number of nitrogens with zero attached hydrogens (tertiary/aromatic N) is 3. The summed E-state index contributed by atoms with van der Waals surface area (Å²) < 4.78 is 2.81. The highest BCUT2D eigenvalue weighted by atomic mass is 79.9. The van der Waals surface area contributed by atoms with Crippen LogP contribution in [0.1, 0.15) is 30.5 Å². The molecule has 4 nitrogen and oxygen atoms in total. The molecule has 2 unspecified atom stereocenters. The number of benzene rings is 1. The molecule has 0 radical (unpaired) electrons. The molecule has 1 aromatic heterocycles. The fourth-order valence-electron chi connectivity index (χ4n) is 2.84. The predicted octanol–water partition coefficient (Wildman–Crippen LogP) is 4.08. The third-order valence-corrected chi connectivity index (χ3v) is 5.19. The highest BCUT2D eigenvalue weighted by Gasteiger charge is 2.45. The number of hydrogen-bond acceptors (Lipinski definition) is 2. The molecule has 23 heavy (non-hydrogen) atoms. The third kappa shape index (κ3) is 3.61. The lowest BCUT2D eigenvalue weighted by Crippen LogP contribution is -2.28. The van der Waals surface area contributed by atoms with Crippen LogP contribution < -0.4 is 0 Å². The van der Waals surface area contributed by atoms with E-state index >= 15 is 0 Å². The Kier molecular flexibility index (Phi) is 4.78. The molecule has 0 aliphatic heterocycles. The molecule has 1 amide bonds. The highest BCUT2D eigenvalue weighted by Crippen LogP contribution is 2.48. The Bertz CT molecular complexity index is 713. The molecule has 3 rings (SSSR count). The average Bonchev–Trinajstić information content (AvgIpc) is 3.26. The van der Waals surface area contributed by atoms with Crippen LogP contribution in [0.15, 0.2) is 34.9 Å². The number of halogens is 2. The normalized spacial score (nSPS) is 19.7. The van der Waals surface area contributed by atoms with E-state index in [9.17, 15) is 4.79 Å². The molecule has 1 aliphatic carbocycles. The van der Waals surface area contributed by atoms with Crippen molar-refractivity contribution in [1.82, 2.24) is 14.7 Å². The molecule has 122 valence electrons. The lowest BCUT2D eigenvalue weighted by Gasteiger charge is -2.16. The summed E-state index contributed by atoms with van der Waals surface area (Å²) >= 11 is 9.43. The van der Waals surface area contributed by atoms with Crippen LogP contribution in [0.5, 0.6) is 0 Å². The van der Waals surface area contributed by atoms with E-state index in [1.54, 1.807) is 4.90 Å². The van der Waals surface area contributed by atoms with Crippen molar-refractivity contribution in [2.45, 2.75) is 32.4 Å². The fraction of sp³-hybridized carbons (Fsp3) is 0.412. The van der Waals surface area contributed by atoms with Gasteiger partial charge in [0, 0.05) is 30.7 Å². The number of aryl methyl sites for hydroxylation is 1. The smallest absolute Gasteiger partial charge is 0.226 e. The second-order valence-electron chi connectivity index (χ2n) is 5.97. The molecular formula is C17H19BrClN3O. The molecule has 0 spiro atoms. The van der Waals surface area contributed by atoms with E-state index in [-0.39, 0.29) is 11.8 Å². The Morgan fingerprint density at radius 2 is 2.13 bits per heavy atom. The summed E-state index contributed by atoms with van der Waals surface area (Å²) in [6.45, 7) is 3.38. The van der Waals surface area contributed by atoms with Gasteiger partial charge in [-0.2, -0.15) is 5.10 Å². The van der Waals surface area contributed by atoms with Crippen LogP contribution in [-0.4, -0.2) is 27.6 Å². The van der Waals surface area contributed by atoms with E-state index < -0.39 is 0 Å². The van der Waals surface area contributed by atoms with Crippen LogP contribution in [0, 0.1) is 5.92 Å². The first kappa shape index (κ1) is 16.5. The molecule has 2 aromatic rings. The van der Waals surface area contributed by atoms with Crippen molar-refractivity contribution < 1.29 is 4.79 Å². The zero-order chi connectivity index (χ0) is 16.6. The second-order valence-corrected chi connectivity index (χ2v) is 7.26. The topological polar surface area (TPSA) is 38.1 Å². The molecule has 1 aromatic carbocycles. The molecule has 2 atom stereocenters. The summed E-state index contributed by atoms with van der Waals surface area (Å²) in [5, 5.41) is 5.21. The third-order valence-electron chi connectivity index (χ3n) is 4.28. The number of amides is 1. The molecule has 1 heterocycles. The summed E-state index contributed by atoms with van der Waals surface area (Å²) in [5.74, 6) is 0.579. The van der Waals surface area contributed by atoms with Gasteiger partial charge in [-0.15, -0.1) is 0 Å². The van der Waals surface area contributed by atoms with Gasteiger partial charge in [0.2, 0.25) is 5.91 Å². The van der Waals surface area contributed by atoms with E-state index in [1.165, 1.54) is 5.56 Å². The quantitative estimate of drug-likeness (QED) is 0.764. The fourth-order valence-corrected chi connectivity index (χ4v) is 3.41. The van der Waals surface area contributed by atoms with Crippen molar-refractivity contribution in [1.29, 1.82) is 0 Å². The van der Waals surface area contributed by atoms with Gasteiger partial charge in [-0.1, -0.05) is 23.7 Å². The molecular weight excluding hydrogens is 378 g/mol. The van der Waals surface area contributed by atoms with Gasteiger partial charge in [-0.25, -0.2) is 0 Å². The number of carbonyl (C=O) groups is 1. The van der Waals surface area contributed by atoms with Crippen LogP contribution in [0.25, 0.3) is 0 Å². The van der Waals surface area contributed by atoms with E-state index in [2.05, 4.69) is 21.0 Å². The van der Waals surface area contributed by atoms with Crippen LogP contribution >= 0.6 is 27.5 Å². The molecule has 1 fully saturated rings. The van der Waals surface area contributed by atoms with Gasteiger partial charge in [0.25, 0.3) is 0 Å². The van der Waals surface area contributed by atoms with E-state index in [4.69, 9.17) is 11.6 Å². The Balaban J connectivity index is 1.62. The van der Waals surface area contributed by atoms with Crippen LogP contribution in [0.2, 0.25) is 5.02 Å². The van der Waals surface area contributed by atoms with Gasteiger partial charge in [0.1, 0.15) is 0 Å². The summed E-state index contributed by atoms with van der Waals surface area (Å²) in [4.78, 5) is 14.4. The van der Waals surface area contributed by atoms with Crippen molar-refractivity contribution >= 4 is 33.4 Å². The minimum atomic E-state index is 0.0770. The van der Waals surface area contributed by atoms with Gasteiger partial charge in [-0.3, -0.25) is 9.48 Å². The monoisotopic (exact) mass is 395 g/mol. The van der Waals surface area contributed by atoms with E-state index in [0.29, 0.717) is 12.5 Å². The van der Waals surface area contributed by atoms with Crippen LogP contribution in [-0.2, 0) is 17.9 Å². The van der Waals surface area contributed by atoms with Crippen molar-refractivity contribution in [3.05, 3.63) is 51.2 Å². The highest BCUT2D eigenvalue weighted by molar-refractivity contribution is 9.10. The first-order chi connectivity index (χ1) is 11.0. The predicted molar refractivity (Wildman–Crippen MR) is 94.4 cm³/mol. The van der Waals surface area contributed by atoms with Gasteiger partial charge in [-0.05, 0) is 52.9 Å². The van der Waals surface area contributed by atoms with Crippen molar-refractivity contribution in [3.8, 4) is 0 Å². The standard InChI is InChI=1S/C17H19BrClN3O/c1-3-22-9-15(18)16(20-22)10-21(2)17(23)14-8-13(14)11-4-6-12(19)7-5-11/h4-7,9,13-14H,3,8,10H2,1-2H3. The number of carbonyl (C=O) groups excluding carboxylic acids is 1. The van der Waals surface area contributed by atoms with Gasteiger partial charge < -0.3 is 4.90 Å². The van der Waals surface area contributed by atoms with Gasteiger partial charge >= 0.3 is 0 Å². The molecule has 6 heteroatoms. The van der Waals surface area contributed by atoms with E-state index in [1.807, 2.05) is 49.1 Å². The number of rotatable bonds is 5. The largest absolute Gasteiger partial charge is 0.339 e. The Hall–Kier alpha value is -1.33. The maximum atomic E-state index is 12.6. The van der Waals surface area contributed by atoms with Crippen LogP contribution in [0.4, 0.5) is 0 Å². The number of hydrogen-bond donors (Lipinski definition) is 0. The summed E-state index contributed by atoms with van der Waals surface area (Å²) in [6, 6.07) is 7.80. The van der Waals surface area contributed by atoms with E-state index in [0.717, 1.165) is 28.2 Å². The molecule has 0 bridgehead atoms. The average molecular weight is 397 g/mol. The first-order valence-corrected chi connectivity index (χ1v) is 8.89. The molecule has 1 aliphatic rings. The Morgan fingerprint density at radius 3 is 2.74 bits per heavy atom. The minimum absolute atomic E-state index is 0.0770. The lowest BCUT2D eigenvalue weighted by atomic mass is 10.1. The Labute approximate surface area is 149 Å². The zero-order valence-corrected chi connectivity index (χ0v) is 15.5. The lowest BCUT2D eigenvalue weighted by molar-refractivity contribution is -0.131. The van der Waals surface area contributed by atoms with Crippen molar-refractivity contribution in [2.75, 3.05) is 7.05 Å². The second kappa shape index (κ2) is 6.65. The van der Waals surface area contributed by atoms with Crippen molar-refractivity contribution in [2.24, 2.45) is 5.92 Å². The zero-order valence-electron chi connectivity index (χ0n) is 13.2. The maximum Gasteiger partial charge on any atom is 0.226 e. The number of aromatic nitrogens is 2. The summed E-state index contributed by atoms with van der Waals surface area (Å²) in [6.07, 6.45) is 2.86. The van der Waals surface area contributed by atoms with Gasteiger partial charge in [0.15, 0.2) is 0 Å². The minimum Gasteiger partial charge on any atom is -0.339 e. The molecule has 1 saturated carbocycles. The van der Waals surface area contributed by atoms with Crippen molar-refractivity contribution in [3.63, 3.8) is 0 Å². The summed E-state index contributed by atoms with van der Waals surface area (Å²) in [7, 11) is 1.84. The maximum absolute atomic E-state index is 12.6.